The highest BCUT2D eigenvalue weighted by molar-refractivity contribution is 7.98. The number of benzene rings is 1. The fourth-order valence-electron chi connectivity index (χ4n) is 2.20. The lowest BCUT2D eigenvalue weighted by Crippen LogP contribution is -2.18. The second kappa shape index (κ2) is 8.39. The minimum atomic E-state index is 0.290. The van der Waals surface area contributed by atoms with Crippen molar-refractivity contribution in [1.82, 2.24) is 5.32 Å². The van der Waals surface area contributed by atoms with E-state index >= 15 is 0 Å². The summed E-state index contributed by atoms with van der Waals surface area (Å²) in [4.78, 5) is 1.23. The third-order valence-electron chi connectivity index (χ3n) is 3.27. The highest BCUT2D eigenvalue weighted by Crippen LogP contribution is 2.36. The largest absolute Gasteiger partial charge is 0.486 e. The predicted octanol–water partition coefficient (Wildman–Crippen LogP) is 2.43. The second-order valence-electron chi connectivity index (χ2n) is 4.77. The van der Waals surface area contributed by atoms with E-state index in [1.165, 1.54) is 10.5 Å². The Morgan fingerprint density at radius 1 is 1.15 bits per heavy atom. The van der Waals surface area contributed by atoms with Crippen LogP contribution in [0.15, 0.2) is 17.0 Å². The number of ether oxygens (including phenoxy) is 2. The Bertz CT molecular complexity index is 426. The molecule has 0 aromatic heterocycles. The summed E-state index contributed by atoms with van der Waals surface area (Å²) in [5.41, 5.74) is 1.25. The molecule has 20 heavy (non-hydrogen) atoms. The monoisotopic (exact) mass is 297 g/mol. The van der Waals surface area contributed by atoms with Gasteiger partial charge >= 0.3 is 0 Å². The molecule has 0 amide bonds. The van der Waals surface area contributed by atoms with Gasteiger partial charge in [0.15, 0.2) is 11.5 Å². The minimum absolute atomic E-state index is 0.290. The van der Waals surface area contributed by atoms with Crippen LogP contribution in [0.5, 0.6) is 11.5 Å². The molecule has 0 fully saturated rings. The van der Waals surface area contributed by atoms with Gasteiger partial charge in [-0.15, -0.1) is 11.8 Å². The van der Waals surface area contributed by atoms with Crippen molar-refractivity contribution in [3.63, 3.8) is 0 Å². The van der Waals surface area contributed by atoms with Crippen molar-refractivity contribution in [1.29, 1.82) is 0 Å². The first-order valence-electron chi connectivity index (χ1n) is 7.13. The third kappa shape index (κ3) is 4.30. The van der Waals surface area contributed by atoms with E-state index in [-0.39, 0.29) is 0 Å². The molecule has 0 atom stereocenters. The number of fused-ring (bicyclic) bond motifs is 1. The van der Waals surface area contributed by atoms with Crippen LogP contribution >= 0.6 is 11.8 Å². The summed E-state index contributed by atoms with van der Waals surface area (Å²) in [5, 5.41) is 12.2. The Hall–Kier alpha value is -0.910. The Balaban J connectivity index is 1.89. The highest BCUT2D eigenvalue weighted by atomic mass is 32.2. The SMILES string of the molecule is CSc1cc2c(cc1CNCCCCCO)OCCO2. The van der Waals surface area contributed by atoms with E-state index in [0.717, 1.165) is 43.9 Å². The highest BCUT2D eigenvalue weighted by Gasteiger charge is 2.15. The summed E-state index contributed by atoms with van der Waals surface area (Å²) >= 11 is 1.73. The summed E-state index contributed by atoms with van der Waals surface area (Å²) < 4.78 is 11.2. The maximum Gasteiger partial charge on any atom is 0.162 e. The van der Waals surface area contributed by atoms with Gasteiger partial charge in [0.05, 0.1) is 0 Å². The number of aliphatic hydroxyl groups excluding tert-OH is 1. The number of rotatable bonds is 8. The van der Waals surface area contributed by atoms with Crippen LogP contribution in [0, 0.1) is 0 Å². The average molecular weight is 297 g/mol. The van der Waals surface area contributed by atoms with Gasteiger partial charge in [0.2, 0.25) is 0 Å². The molecule has 0 saturated heterocycles. The molecule has 1 aliphatic rings. The molecule has 4 nitrogen and oxygen atoms in total. The third-order valence-corrected chi connectivity index (χ3v) is 4.09. The van der Waals surface area contributed by atoms with Crippen LogP contribution < -0.4 is 14.8 Å². The molecule has 1 aromatic carbocycles. The number of hydrogen-bond donors (Lipinski definition) is 2. The molecular weight excluding hydrogens is 274 g/mol. The van der Waals surface area contributed by atoms with E-state index in [1.54, 1.807) is 11.8 Å². The van der Waals surface area contributed by atoms with Crippen molar-refractivity contribution < 1.29 is 14.6 Å². The van der Waals surface area contributed by atoms with E-state index < -0.39 is 0 Å². The Morgan fingerprint density at radius 2 is 1.90 bits per heavy atom. The standard InChI is InChI=1S/C15H23NO3S/c1-20-15-10-14-13(18-7-8-19-14)9-12(15)11-16-5-3-2-4-6-17/h9-10,16-17H,2-8,11H2,1H3. The quantitative estimate of drug-likeness (QED) is 0.570. The van der Waals surface area contributed by atoms with Crippen LogP contribution in [0.2, 0.25) is 0 Å². The van der Waals surface area contributed by atoms with Crippen molar-refractivity contribution >= 4 is 11.8 Å². The van der Waals surface area contributed by atoms with E-state index in [2.05, 4.69) is 23.7 Å². The predicted molar refractivity (Wildman–Crippen MR) is 81.9 cm³/mol. The molecule has 1 heterocycles. The zero-order chi connectivity index (χ0) is 14.2. The van der Waals surface area contributed by atoms with Crippen molar-refractivity contribution in [2.24, 2.45) is 0 Å². The molecule has 5 heteroatoms. The Labute approximate surface area is 124 Å². The lowest BCUT2D eigenvalue weighted by Gasteiger charge is -2.21. The topological polar surface area (TPSA) is 50.7 Å². The van der Waals surface area contributed by atoms with Gasteiger partial charge in [-0.2, -0.15) is 0 Å². The van der Waals surface area contributed by atoms with Crippen molar-refractivity contribution in [3.8, 4) is 11.5 Å². The van der Waals surface area contributed by atoms with Crippen LogP contribution in [0.4, 0.5) is 0 Å². The summed E-state index contributed by atoms with van der Waals surface area (Å²) in [5.74, 6) is 1.71. The lowest BCUT2D eigenvalue weighted by molar-refractivity contribution is 0.171. The molecule has 2 rings (SSSR count). The summed E-state index contributed by atoms with van der Waals surface area (Å²) in [6, 6.07) is 4.16. The molecule has 0 radical (unpaired) electrons. The maximum absolute atomic E-state index is 8.73. The maximum atomic E-state index is 8.73. The summed E-state index contributed by atoms with van der Waals surface area (Å²) in [7, 11) is 0. The van der Waals surface area contributed by atoms with Crippen molar-refractivity contribution in [3.05, 3.63) is 17.7 Å². The number of hydrogen-bond acceptors (Lipinski definition) is 5. The normalized spacial score (nSPS) is 13.5. The average Bonchev–Trinajstić information content (AvgIpc) is 2.50. The number of aliphatic hydroxyl groups is 1. The van der Waals surface area contributed by atoms with E-state index in [1.807, 2.05) is 0 Å². The van der Waals surface area contributed by atoms with Crippen LogP contribution in [-0.4, -0.2) is 37.7 Å². The molecule has 0 bridgehead atoms. The smallest absolute Gasteiger partial charge is 0.162 e. The van der Waals surface area contributed by atoms with Crippen LogP contribution in [0.25, 0.3) is 0 Å². The van der Waals surface area contributed by atoms with Gasteiger partial charge in [-0.3, -0.25) is 0 Å². The zero-order valence-corrected chi connectivity index (χ0v) is 12.8. The number of unbranched alkanes of at least 4 members (excludes halogenated alkanes) is 2. The first-order valence-corrected chi connectivity index (χ1v) is 8.35. The van der Waals surface area contributed by atoms with Crippen molar-refractivity contribution in [2.75, 3.05) is 32.6 Å². The number of thioether (sulfide) groups is 1. The summed E-state index contributed by atoms with van der Waals surface area (Å²) in [6.07, 6.45) is 5.14. The first-order chi connectivity index (χ1) is 9.85. The van der Waals surface area contributed by atoms with Crippen LogP contribution in [0.3, 0.4) is 0 Å². The van der Waals surface area contributed by atoms with E-state index in [9.17, 15) is 0 Å². The molecular formula is C15H23NO3S. The van der Waals surface area contributed by atoms with E-state index in [4.69, 9.17) is 14.6 Å². The molecule has 0 aliphatic carbocycles. The molecule has 0 unspecified atom stereocenters. The molecule has 0 saturated carbocycles. The fraction of sp³-hybridized carbons (Fsp3) is 0.600. The fourth-order valence-corrected chi connectivity index (χ4v) is 2.82. The van der Waals surface area contributed by atoms with Gasteiger partial charge < -0.3 is 19.9 Å². The van der Waals surface area contributed by atoms with Gasteiger partial charge in [-0.05, 0) is 49.8 Å². The van der Waals surface area contributed by atoms with Crippen molar-refractivity contribution in [2.45, 2.75) is 30.7 Å². The minimum Gasteiger partial charge on any atom is -0.486 e. The van der Waals surface area contributed by atoms with Gasteiger partial charge in [0, 0.05) is 18.0 Å². The van der Waals surface area contributed by atoms with Gasteiger partial charge in [0.25, 0.3) is 0 Å². The molecule has 2 N–H and O–H groups in total. The van der Waals surface area contributed by atoms with Gasteiger partial charge in [0.1, 0.15) is 13.2 Å². The Kier molecular flexibility index (Phi) is 6.50. The van der Waals surface area contributed by atoms with Gasteiger partial charge in [-0.1, -0.05) is 0 Å². The Morgan fingerprint density at radius 3 is 2.60 bits per heavy atom. The summed E-state index contributed by atoms with van der Waals surface area (Å²) in [6.45, 7) is 3.36. The molecule has 1 aliphatic heterocycles. The first kappa shape index (κ1) is 15.5. The zero-order valence-electron chi connectivity index (χ0n) is 12.0. The van der Waals surface area contributed by atoms with Crippen LogP contribution in [-0.2, 0) is 6.54 Å². The molecule has 112 valence electrons. The molecule has 0 spiro atoms. The van der Waals surface area contributed by atoms with Crippen LogP contribution in [0.1, 0.15) is 24.8 Å². The van der Waals surface area contributed by atoms with E-state index in [0.29, 0.717) is 19.8 Å². The molecule has 1 aromatic rings. The number of nitrogens with one attached hydrogen (secondary N) is 1. The van der Waals surface area contributed by atoms with Gasteiger partial charge in [-0.25, -0.2) is 0 Å². The second-order valence-corrected chi connectivity index (χ2v) is 5.62. The lowest BCUT2D eigenvalue weighted by atomic mass is 10.2.